The zero-order valence-corrected chi connectivity index (χ0v) is 17.6. The van der Waals surface area contributed by atoms with Gasteiger partial charge in [0.05, 0.1) is 20.6 Å². The second-order valence-electron chi connectivity index (χ2n) is 6.28. The summed E-state index contributed by atoms with van der Waals surface area (Å²) in [5.74, 6) is 1.83. The van der Waals surface area contributed by atoms with Crippen LogP contribution in [0.5, 0.6) is 11.5 Å². The predicted octanol–water partition coefficient (Wildman–Crippen LogP) is 3.65. The lowest BCUT2D eigenvalue weighted by Gasteiger charge is -2.19. The van der Waals surface area contributed by atoms with Crippen LogP contribution < -0.4 is 14.8 Å². The minimum atomic E-state index is -0.340. The Labute approximate surface area is 172 Å². The molecule has 0 saturated carbocycles. The molecule has 1 N–H and O–H groups in total. The number of benzene rings is 2. The maximum Gasteiger partial charge on any atom is 0.225 e. The summed E-state index contributed by atoms with van der Waals surface area (Å²) in [6.07, 6.45) is 3.78. The van der Waals surface area contributed by atoms with E-state index in [1.165, 1.54) is 0 Å². The van der Waals surface area contributed by atoms with E-state index in [0.29, 0.717) is 11.5 Å². The van der Waals surface area contributed by atoms with Crippen molar-refractivity contribution >= 4 is 21.8 Å². The van der Waals surface area contributed by atoms with Gasteiger partial charge in [-0.2, -0.15) is 0 Å². The summed E-state index contributed by atoms with van der Waals surface area (Å²) in [5, 5.41) is 3.10. The number of hydrogen-bond donors (Lipinski definition) is 1. The molecule has 0 spiro atoms. The van der Waals surface area contributed by atoms with Crippen molar-refractivity contribution in [3.63, 3.8) is 0 Å². The molecule has 1 aromatic heterocycles. The van der Waals surface area contributed by atoms with E-state index in [-0.39, 0.29) is 18.4 Å². The number of hydrogen-bond acceptors (Lipinski definition) is 4. The normalized spacial score (nSPS) is 11.7. The summed E-state index contributed by atoms with van der Waals surface area (Å²) < 4.78 is 13.3. The second-order valence-corrected chi connectivity index (χ2v) is 7.14. The Morgan fingerprint density at radius 2 is 1.86 bits per heavy atom. The van der Waals surface area contributed by atoms with Crippen molar-refractivity contribution in [2.45, 2.75) is 12.5 Å². The molecule has 0 aliphatic rings. The van der Waals surface area contributed by atoms with E-state index in [9.17, 15) is 4.79 Å². The number of nitrogens with zero attached hydrogens (tertiary/aromatic N) is 2. The molecule has 1 amide bonds. The number of carbonyl (C=O) groups is 1. The molecule has 0 radical (unpaired) electrons. The Morgan fingerprint density at radius 1 is 1.18 bits per heavy atom. The predicted molar refractivity (Wildman–Crippen MR) is 111 cm³/mol. The van der Waals surface area contributed by atoms with Crippen LogP contribution in [0.15, 0.2) is 59.3 Å². The number of halogens is 1. The number of aromatic nitrogens is 2. The van der Waals surface area contributed by atoms with Crippen LogP contribution in [0.4, 0.5) is 0 Å². The highest BCUT2D eigenvalue weighted by Gasteiger charge is 2.21. The molecule has 0 saturated heterocycles. The Bertz CT molecular complexity index is 957. The summed E-state index contributed by atoms with van der Waals surface area (Å²) in [6.45, 7) is 0. The fourth-order valence-electron chi connectivity index (χ4n) is 3.01. The molecule has 0 fully saturated rings. The SMILES string of the molecule is COc1cc(Br)c(CC(=O)NC(c2ccccc2)c2nccn2C)cc1OC. The van der Waals surface area contributed by atoms with E-state index in [0.717, 1.165) is 21.4 Å². The lowest BCUT2D eigenvalue weighted by molar-refractivity contribution is -0.121. The van der Waals surface area contributed by atoms with Gasteiger partial charge in [0.1, 0.15) is 11.9 Å². The molecule has 3 aromatic rings. The molecule has 3 rings (SSSR count). The Balaban J connectivity index is 1.85. The Hall–Kier alpha value is -2.80. The first-order valence-corrected chi connectivity index (χ1v) is 9.54. The number of nitrogens with one attached hydrogen (secondary N) is 1. The van der Waals surface area contributed by atoms with Crippen molar-refractivity contribution in [3.05, 3.63) is 76.3 Å². The Morgan fingerprint density at radius 3 is 2.46 bits per heavy atom. The summed E-state index contributed by atoms with van der Waals surface area (Å²) >= 11 is 3.51. The molecule has 146 valence electrons. The van der Waals surface area contributed by atoms with Crippen LogP contribution >= 0.6 is 15.9 Å². The van der Waals surface area contributed by atoms with Gasteiger partial charge in [-0.25, -0.2) is 4.98 Å². The topological polar surface area (TPSA) is 65.4 Å². The lowest BCUT2D eigenvalue weighted by Crippen LogP contribution is -2.32. The highest BCUT2D eigenvalue weighted by atomic mass is 79.9. The van der Waals surface area contributed by atoms with Gasteiger partial charge in [0, 0.05) is 23.9 Å². The van der Waals surface area contributed by atoms with Crippen molar-refractivity contribution in [2.24, 2.45) is 7.05 Å². The van der Waals surface area contributed by atoms with Crippen LogP contribution in [0, 0.1) is 0 Å². The van der Waals surface area contributed by atoms with E-state index in [1.807, 2.05) is 48.1 Å². The number of imidazole rings is 1. The number of methoxy groups -OCH3 is 2. The van der Waals surface area contributed by atoms with Crippen LogP contribution in [-0.4, -0.2) is 29.7 Å². The Kier molecular flexibility index (Phi) is 6.36. The second kappa shape index (κ2) is 8.93. The first-order chi connectivity index (χ1) is 13.5. The third-order valence-electron chi connectivity index (χ3n) is 4.46. The van der Waals surface area contributed by atoms with E-state index in [1.54, 1.807) is 32.5 Å². The van der Waals surface area contributed by atoms with Gasteiger partial charge in [-0.3, -0.25) is 4.79 Å². The molecule has 7 heteroatoms. The molecule has 1 heterocycles. The zero-order valence-electron chi connectivity index (χ0n) is 16.0. The molecular weight excluding hydrogens is 422 g/mol. The number of aryl methyl sites for hydroxylation is 1. The molecule has 2 aromatic carbocycles. The summed E-state index contributed by atoms with van der Waals surface area (Å²) in [4.78, 5) is 17.3. The van der Waals surface area contributed by atoms with E-state index in [2.05, 4.69) is 26.2 Å². The number of ether oxygens (including phenoxy) is 2. The average molecular weight is 444 g/mol. The van der Waals surface area contributed by atoms with E-state index < -0.39 is 0 Å². The molecule has 0 bridgehead atoms. The van der Waals surface area contributed by atoms with Crippen molar-refractivity contribution < 1.29 is 14.3 Å². The largest absolute Gasteiger partial charge is 0.493 e. The quantitative estimate of drug-likeness (QED) is 0.605. The van der Waals surface area contributed by atoms with Crippen molar-refractivity contribution in [1.29, 1.82) is 0 Å². The number of carbonyl (C=O) groups excluding carboxylic acids is 1. The number of amides is 1. The molecule has 1 atom stereocenters. The van der Waals surface area contributed by atoms with Crippen LogP contribution in [0.2, 0.25) is 0 Å². The number of rotatable bonds is 7. The van der Waals surface area contributed by atoms with E-state index >= 15 is 0 Å². The van der Waals surface area contributed by atoms with Crippen LogP contribution in [0.3, 0.4) is 0 Å². The molecule has 0 aliphatic heterocycles. The van der Waals surface area contributed by atoms with Crippen molar-refractivity contribution in [3.8, 4) is 11.5 Å². The van der Waals surface area contributed by atoms with Crippen molar-refractivity contribution in [1.82, 2.24) is 14.9 Å². The van der Waals surface area contributed by atoms with Crippen LogP contribution in [0.1, 0.15) is 23.0 Å². The average Bonchev–Trinajstić information content (AvgIpc) is 3.13. The molecule has 1 unspecified atom stereocenters. The smallest absolute Gasteiger partial charge is 0.225 e. The maximum absolute atomic E-state index is 12.9. The zero-order chi connectivity index (χ0) is 20.1. The van der Waals surface area contributed by atoms with Gasteiger partial charge in [0.15, 0.2) is 11.5 Å². The minimum Gasteiger partial charge on any atom is -0.493 e. The third-order valence-corrected chi connectivity index (χ3v) is 5.20. The highest BCUT2D eigenvalue weighted by molar-refractivity contribution is 9.10. The molecule has 6 nitrogen and oxygen atoms in total. The van der Waals surface area contributed by atoms with Gasteiger partial charge in [-0.15, -0.1) is 0 Å². The lowest BCUT2D eigenvalue weighted by atomic mass is 10.0. The monoisotopic (exact) mass is 443 g/mol. The van der Waals surface area contributed by atoms with Gasteiger partial charge in [-0.1, -0.05) is 46.3 Å². The standard InChI is InChI=1S/C21H22BrN3O3/c1-25-10-9-23-21(25)20(14-7-5-4-6-8-14)24-19(26)12-15-11-17(27-2)18(28-3)13-16(15)22/h4-11,13,20H,12H2,1-3H3,(H,24,26). The van der Waals surface area contributed by atoms with Gasteiger partial charge in [0.25, 0.3) is 0 Å². The highest BCUT2D eigenvalue weighted by Crippen LogP contribution is 2.33. The first-order valence-electron chi connectivity index (χ1n) is 8.75. The maximum atomic E-state index is 12.9. The minimum absolute atomic E-state index is 0.121. The third kappa shape index (κ3) is 4.36. The fraction of sp³-hybridized carbons (Fsp3) is 0.238. The summed E-state index contributed by atoms with van der Waals surface area (Å²) in [7, 11) is 5.06. The summed E-state index contributed by atoms with van der Waals surface area (Å²) in [6, 6.07) is 13.1. The fourth-order valence-corrected chi connectivity index (χ4v) is 3.48. The molecule has 28 heavy (non-hydrogen) atoms. The molecule has 0 aliphatic carbocycles. The van der Waals surface area contributed by atoms with Gasteiger partial charge < -0.3 is 19.4 Å². The van der Waals surface area contributed by atoms with Gasteiger partial charge >= 0.3 is 0 Å². The van der Waals surface area contributed by atoms with Gasteiger partial charge in [-0.05, 0) is 23.3 Å². The van der Waals surface area contributed by atoms with E-state index in [4.69, 9.17) is 9.47 Å². The van der Waals surface area contributed by atoms with Gasteiger partial charge in [0.2, 0.25) is 5.91 Å². The molecular formula is C21H22BrN3O3. The summed E-state index contributed by atoms with van der Waals surface area (Å²) in [5.41, 5.74) is 1.78. The van der Waals surface area contributed by atoms with Crippen LogP contribution in [-0.2, 0) is 18.3 Å². The van der Waals surface area contributed by atoms with Crippen LogP contribution in [0.25, 0.3) is 0 Å². The first kappa shape index (κ1) is 19.9. The van der Waals surface area contributed by atoms with Crippen molar-refractivity contribution in [2.75, 3.05) is 14.2 Å².